The number of rotatable bonds is 4. The zero-order valence-electron chi connectivity index (χ0n) is 12.2. The van der Waals surface area contributed by atoms with Gasteiger partial charge in [0, 0.05) is 6.54 Å². The highest BCUT2D eigenvalue weighted by atomic mass is 32.2. The molecule has 2 rings (SSSR count). The minimum atomic E-state index is -3.79. The third kappa shape index (κ3) is 3.29. The molecule has 1 aliphatic rings. The molecule has 0 spiro atoms. The number of nitrogens with zero attached hydrogens (tertiary/aromatic N) is 2. The SMILES string of the molecule is CCC1SC(=NS(=O)(=O)c2ccc(C)cc2)N(CC)C1=O. The van der Waals surface area contributed by atoms with E-state index < -0.39 is 10.0 Å². The number of carbonyl (C=O) groups excluding carboxylic acids is 1. The molecule has 0 aliphatic carbocycles. The van der Waals surface area contributed by atoms with Crippen molar-refractivity contribution in [3.63, 3.8) is 0 Å². The maximum absolute atomic E-state index is 12.3. The van der Waals surface area contributed by atoms with Crippen LogP contribution in [0.5, 0.6) is 0 Å². The Bertz CT molecular complexity index is 666. The standard InChI is InChI=1S/C14H18N2O3S2/c1-4-12-13(17)16(5-2)14(20-12)15-21(18,19)11-8-6-10(3)7-9-11/h6-9,12H,4-5H2,1-3H3. The Labute approximate surface area is 129 Å². The molecule has 1 atom stereocenters. The highest BCUT2D eigenvalue weighted by Gasteiger charge is 2.37. The summed E-state index contributed by atoms with van der Waals surface area (Å²) >= 11 is 1.22. The van der Waals surface area contributed by atoms with E-state index in [9.17, 15) is 13.2 Å². The van der Waals surface area contributed by atoms with Crippen LogP contribution < -0.4 is 0 Å². The van der Waals surface area contributed by atoms with Gasteiger partial charge in [0.25, 0.3) is 10.0 Å². The number of hydrogen-bond donors (Lipinski definition) is 0. The summed E-state index contributed by atoms with van der Waals surface area (Å²) in [5, 5.41) is 0.0341. The second-order valence-corrected chi connectivity index (χ2v) is 7.53. The zero-order chi connectivity index (χ0) is 15.6. The van der Waals surface area contributed by atoms with Crippen molar-refractivity contribution in [2.24, 2.45) is 4.40 Å². The number of sulfonamides is 1. The molecule has 1 unspecified atom stereocenters. The largest absolute Gasteiger partial charge is 0.290 e. The summed E-state index contributed by atoms with van der Waals surface area (Å²) in [6.07, 6.45) is 0.656. The molecule has 1 aromatic rings. The molecule has 1 fully saturated rings. The molecule has 0 aromatic heterocycles. The van der Waals surface area contributed by atoms with Crippen LogP contribution in [0.3, 0.4) is 0 Å². The van der Waals surface area contributed by atoms with Crippen LogP contribution in [0.4, 0.5) is 0 Å². The molecule has 0 N–H and O–H groups in total. The van der Waals surface area contributed by atoms with Crippen LogP contribution in [0.15, 0.2) is 33.6 Å². The van der Waals surface area contributed by atoms with Crippen LogP contribution in [-0.4, -0.2) is 36.2 Å². The van der Waals surface area contributed by atoms with E-state index in [1.165, 1.54) is 28.8 Å². The molecule has 0 saturated carbocycles. The maximum Gasteiger partial charge on any atom is 0.284 e. The normalized spacial score (nSPS) is 21.3. The van der Waals surface area contributed by atoms with Gasteiger partial charge in [-0.3, -0.25) is 9.69 Å². The van der Waals surface area contributed by atoms with Crippen molar-refractivity contribution in [3.8, 4) is 0 Å². The summed E-state index contributed by atoms with van der Waals surface area (Å²) < 4.78 is 28.5. The number of aryl methyl sites for hydroxylation is 1. The number of benzene rings is 1. The lowest BCUT2D eigenvalue weighted by Gasteiger charge is -2.12. The van der Waals surface area contributed by atoms with Crippen molar-refractivity contribution < 1.29 is 13.2 Å². The van der Waals surface area contributed by atoms with Gasteiger partial charge < -0.3 is 0 Å². The first-order valence-electron chi connectivity index (χ1n) is 6.78. The minimum absolute atomic E-state index is 0.0668. The molecular weight excluding hydrogens is 308 g/mol. The second-order valence-electron chi connectivity index (χ2n) is 4.76. The van der Waals surface area contributed by atoms with E-state index >= 15 is 0 Å². The van der Waals surface area contributed by atoms with Crippen LogP contribution in [0.25, 0.3) is 0 Å². The van der Waals surface area contributed by atoms with Gasteiger partial charge in [-0.2, -0.15) is 8.42 Å². The summed E-state index contributed by atoms with van der Waals surface area (Å²) in [6.45, 7) is 6.02. The van der Waals surface area contributed by atoms with Gasteiger partial charge in [0.05, 0.1) is 10.1 Å². The van der Waals surface area contributed by atoms with Crippen LogP contribution in [0, 0.1) is 6.92 Å². The summed E-state index contributed by atoms with van der Waals surface area (Å²) in [4.78, 5) is 13.7. The van der Waals surface area contributed by atoms with Crippen LogP contribution in [0.2, 0.25) is 0 Å². The summed E-state index contributed by atoms with van der Waals surface area (Å²) in [5.41, 5.74) is 0.980. The van der Waals surface area contributed by atoms with Gasteiger partial charge in [-0.25, -0.2) is 0 Å². The molecule has 1 saturated heterocycles. The lowest BCUT2D eigenvalue weighted by Crippen LogP contribution is -2.32. The number of amidine groups is 1. The number of amides is 1. The molecule has 1 aliphatic heterocycles. The number of hydrogen-bond acceptors (Lipinski definition) is 4. The third-order valence-electron chi connectivity index (χ3n) is 3.22. The van der Waals surface area contributed by atoms with E-state index in [1.54, 1.807) is 12.1 Å². The molecule has 21 heavy (non-hydrogen) atoms. The molecule has 7 heteroatoms. The number of carbonyl (C=O) groups is 1. The fourth-order valence-electron chi connectivity index (χ4n) is 1.99. The first-order valence-corrected chi connectivity index (χ1v) is 9.10. The topological polar surface area (TPSA) is 66.8 Å². The van der Waals surface area contributed by atoms with Crippen molar-refractivity contribution in [1.29, 1.82) is 0 Å². The molecule has 1 heterocycles. The Morgan fingerprint density at radius 3 is 2.38 bits per heavy atom. The molecule has 1 aromatic carbocycles. The first kappa shape index (κ1) is 16.0. The Hall–Kier alpha value is -1.34. The lowest BCUT2D eigenvalue weighted by atomic mass is 10.2. The highest BCUT2D eigenvalue weighted by Crippen LogP contribution is 2.30. The van der Waals surface area contributed by atoms with Crippen LogP contribution >= 0.6 is 11.8 Å². The van der Waals surface area contributed by atoms with Gasteiger partial charge in [0.2, 0.25) is 5.91 Å². The number of thioether (sulfide) groups is 1. The average molecular weight is 326 g/mol. The van der Waals surface area contributed by atoms with E-state index in [-0.39, 0.29) is 21.2 Å². The molecule has 114 valence electrons. The van der Waals surface area contributed by atoms with Crippen molar-refractivity contribution >= 4 is 32.9 Å². The van der Waals surface area contributed by atoms with E-state index in [1.807, 2.05) is 20.8 Å². The molecule has 1 amide bonds. The van der Waals surface area contributed by atoms with E-state index in [0.29, 0.717) is 13.0 Å². The minimum Gasteiger partial charge on any atom is -0.290 e. The Morgan fingerprint density at radius 2 is 1.86 bits per heavy atom. The molecule has 5 nitrogen and oxygen atoms in total. The predicted octanol–water partition coefficient (Wildman–Crippen LogP) is 2.41. The lowest BCUT2D eigenvalue weighted by molar-refractivity contribution is -0.126. The zero-order valence-corrected chi connectivity index (χ0v) is 13.9. The maximum atomic E-state index is 12.3. The molecule has 0 radical (unpaired) electrons. The smallest absolute Gasteiger partial charge is 0.284 e. The Kier molecular flexibility index (Phi) is 4.73. The van der Waals surface area contributed by atoms with Gasteiger partial charge in [0.15, 0.2) is 5.17 Å². The Morgan fingerprint density at radius 1 is 1.24 bits per heavy atom. The summed E-state index contributed by atoms with van der Waals surface area (Å²) in [6, 6.07) is 6.52. The van der Waals surface area contributed by atoms with Crippen molar-refractivity contribution in [1.82, 2.24) is 4.90 Å². The van der Waals surface area contributed by atoms with Crippen molar-refractivity contribution in [2.45, 2.75) is 37.3 Å². The summed E-state index contributed by atoms with van der Waals surface area (Å²) in [7, 11) is -3.79. The van der Waals surface area contributed by atoms with Crippen LogP contribution in [-0.2, 0) is 14.8 Å². The fraction of sp³-hybridized carbons (Fsp3) is 0.429. The van der Waals surface area contributed by atoms with Gasteiger partial charge in [0.1, 0.15) is 0 Å². The monoisotopic (exact) mass is 326 g/mol. The van der Waals surface area contributed by atoms with Gasteiger partial charge in [-0.05, 0) is 32.4 Å². The predicted molar refractivity (Wildman–Crippen MR) is 84.9 cm³/mol. The van der Waals surface area contributed by atoms with E-state index in [2.05, 4.69) is 4.40 Å². The molecule has 0 bridgehead atoms. The highest BCUT2D eigenvalue weighted by molar-refractivity contribution is 8.16. The van der Waals surface area contributed by atoms with Crippen molar-refractivity contribution in [2.75, 3.05) is 6.54 Å². The Balaban J connectivity index is 2.37. The summed E-state index contributed by atoms with van der Waals surface area (Å²) in [5.74, 6) is -0.0668. The quantitative estimate of drug-likeness (QED) is 0.852. The van der Waals surface area contributed by atoms with E-state index in [0.717, 1.165) is 5.56 Å². The van der Waals surface area contributed by atoms with Crippen LogP contribution in [0.1, 0.15) is 25.8 Å². The third-order valence-corrected chi connectivity index (χ3v) is 5.96. The van der Waals surface area contributed by atoms with Gasteiger partial charge >= 0.3 is 0 Å². The van der Waals surface area contributed by atoms with E-state index in [4.69, 9.17) is 0 Å². The molecular formula is C14H18N2O3S2. The van der Waals surface area contributed by atoms with Gasteiger partial charge in [-0.15, -0.1) is 4.40 Å². The van der Waals surface area contributed by atoms with Crippen molar-refractivity contribution in [3.05, 3.63) is 29.8 Å². The second kappa shape index (κ2) is 6.19. The first-order chi connectivity index (χ1) is 9.89. The van der Waals surface area contributed by atoms with Gasteiger partial charge in [-0.1, -0.05) is 36.4 Å². The average Bonchev–Trinajstić information content (AvgIpc) is 2.74. The fourth-order valence-corrected chi connectivity index (χ4v) is 4.35.